The Balaban J connectivity index is 1.76. The second kappa shape index (κ2) is 12.1. The van der Waals surface area contributed by atoms with Gasteiger partial charge in [0, 0.05) is 6.04 Å². The highest BCUT2D eigenvalue weighted by molar-refractivity contribution is 7.89. The van der Waals surface area contributed by atoms with Gasteiger partial charge in [0.05, 0.1) is 24.2 Å². The van der Waals surface area contributed by atoms with Crippen molar-refractivity contribution in [1.82, 2.24) is 14.9 Å². The van der Waals surface area contributed by atoms with Crippen LogP contribution in [0.15, 0.2) is 52.0 Å². The molecule has 1 aromatic carbocycles. The van der Waals surface area contributed by atoms with Crippen molar-refractivity contribution in [2.75, 3.05) is 6.54 Å². The first-order valence-corrected chi connectivity index (χ1v) is 13.2. The van der Waals surface area contributed by atoms with Gasteiger partial charge in [-0.3, -0.25) is 9.59 Å². The largest absolute Gasteiger partial charge is 0.467 e. The lowest BCUT2D eigenvalue weighted by molar-refractivity contribution is -0.141. The van der Waals surface area contributed by atoms with Gasteiger partial charge in [0.15, 0.2) is 0 Å². The fourth-order valence-corrected chi connectivity index (χ4v) is 5.12. The second-order valence-electron chi connectivity index (χ2n) is 8.53. The maximum Gasteiger partial charge on any atom is 0.243 e. The molecule has 8 nitrogen and oxygen atoms in total. The van der Waals surface area contributed by atoms with E-state index in [-0.39, 0.29) is 23.4 Å². The highest BCUT2D eigenvalue weighted by Crippen LogP contribution is 2.20. The summed E-state index contributed by atoms with van der Waals surface area (Å²) in [6.07, 6.45) is 7.66. The third-order valence-electron chi connectivity index (χ3n) is 5.96. The highest BCUT2D eigenvalue weighted by atomic mass is 32.2. The number of furan rings is 1. The van der Waals surface area contributed by atoms with E-state index in [4.69, 9.17) is 4.42 Å². The van der Waals surface area contributed by atoms with Gasteiger partial charge < -0.3 is 14.6 Å². The van der Waals surface area contributed by atoms with E-state index in [2.05, 4.69) is 10.0 Å². The molecule has 186 valence electrons. The van der Waals surface area contributed by atoms with E-state index >= 15 is 0 Å². The van der Waals surface area contributed by atoms with E-state index in [1.165, 1.54) is 11.2 Å². The molecule has 1 saturated carbocycles. The summed E-state index contributed by atoms with van der Waals surface area (Å²) in [5.74, 6) is -0.873. The molecule has 3 rings (SSSR count). The van der Waals surface area contributed by atoms with Gasteiger partial charge in [-0.05, 0) is 55.7 Å². The van der Waals surface area contributed by atoms with Crippen LogP contribution in [0.1, 0.15) is 57.6 Å². The Bertz CT molecular complexity index is 1040. The number of amides is 2. The molecule has 34 heavy (non-hydrogen) atoms. The van der Waals surface area contributed by atoms with Crippen molar-refractivity contribution in [3.05, 3.63) is 54.2 Å². The predicted octanol–water partition coefficient (Wildman–Crippen LogP) is 3.34. The quantitative estimate of drug-likeness (QED) is 0.499. The van der Waals surface area contributed by atoms with E-state index in [9.17, 15) is 22.4 Å². The molecule has 1 aromatic heterocycles. The first-order valence-electron chi connectivity index (χ1n) is 11.7. The minimum Gasteiger partial charge on any atom is -0.467 e. The van der Waals surface area contributed by atoms with Crippen molar-refractivity contribution in [2.24, 2.45) is 0 Å². The number of rotatable bonds is 11. The number of nitrogens with one attached hydrogen (secondary N) is 2. The number of benzene rings is 1. The lowest BCUT2D eigenvalue weighted by Gasteiger charge is -2.32. The van der Waals surface area contributed by atoms with Crippen molar-refractivity contribution in [2.45, 2.75) is 75.4 Å². The van der Waals surface area contributed by atoms with Crippen LogP contribution in [0.5, 0.6) is 0 Å². The lowest BCUT2D eigenvalue weighted by atomic mass is 9.95. The summed E-state index contributed by atoms with van der Waals surface area (Å²) in [5, 5.41) is 3.08. The Labute approximate surface area is 199 Å². The molecule has 0 spiro atoms. The molecule has 1 heterocycles. The average molecular weight is 494 g/mol. The summed E-state index contributed by atoms with van der Waals surface area (Å²) in [6.45, 7) is 1.41. The van der Waals surface area contributed by atoms with Crippen molar-refractivity contribution >= 4 is 21.8 Å². The van der Waals surface area contributed by atoms with Gasteiger partial charge in [-0.2, -0.15) is 0 Å². The minimum absolute atomic E-state index is 0.0346. The molecule has 1 fully saturated rings. The first-order chi connectivity index (χ1) is 16.3. The Morgan fingerprint density at radius 2 is 1.85 bits per heavy atom. The monoisotopic (exact) mass is 493 g/mol. The summed E-state index contributed by atoms with van der Waals surface area (Å²) in [5.41, 5.74) is 0. The first kappa shape index (κ1) is 25.9. The van der Waals surface area contributed by atoms with Gasteiger partial charge in [-0.15, -0.1) is 0 Å². The zero-order valence-corrected chi connectivity index (χ0v) is 20.2. The van der Waals surface area contributed by atoms with Crippen LogP contribution < -0.4 is 10.0 Å². The Morgan fingerprint density at radius 3 is 2.47 bits per heavy atom. The van der Waals surface area contributed by atoms with Gasteiger partial charge in [0.1, 0.15) is 17.6 Å². The number of carbonyl (C=O) groups excluding carboxylic acids is 2. The number of halogens is 1. The molecule has 2 aromatic rings. The molecule has 0 saturated heterocycles. The molecule has 1 atom stereocenters. The van der Waals surface area contributed by atoms with Gasteiger partial charge in [-0.1, -0.05) is 32.6 Å². The van der Waals surface area contributed by atoms with Gasteiger partial charge in [0.2, 0.25) is 21.8 Å². The van der Waals surface area contributed by atoms with Crippen molar-refractivity contribution in [3.63, 3.8) is 0 Å². The van der Waals surface area contributed by atoms with Crippen molar-refractivity contribution in [1.29, 1.82) is 0 Å². The second-order valence-corrected chi connectivity index (χ2v) is 10.3. The van der Waals surface area contributed by atoms with Crippen molar-refractivity contribution < 1.29 is 26.8 Å². The maximum absolute atomic E-state index is 13.2. The lowest BCUT2D eigenvalue weighted by Crippen LogP contribution is -2.53. The van der Waals surface area contributed by atoms with Gasteiger partial charge >= 0.3 is 0 Å². The number of nitrogens with zero attached hydrogens (tertiary/aromatic N) is 1. The summed E-state index contributed by atoms with van der Waals surface area (Å²) in [6, 6.07) is 7.02. The van der Waals surface area contributed by atoms with Crippen molar-refractivity contribution in [3.8, 4) is 0 Å². The number of hydrogen-bond donors (Lipinski definition) is 2. The molecule has 0 radical (unpaired) electrons. The Hall–Kier alpha value is -2.72. The molecular formula is C24H32FN3O5S. The van der Waals surface area contributed by atoms with Crippen LogP contribution >= 0.6 is 0 Å². The number of hydrogen-bond acceptors (Lipinski definition) is 5. The summed E-state index contributed by atoms with van der Waals surface area (Å²) in [4.78, 5) is 27.7. The van der Waals surface area contributed by atoms with Crippen LogP contribution in [0.4, 0.5) is 4.39 Å². The van der Waals surface area contributed by atoms with Gasteiger partial charge in [-0.25, -0.2) is 17.5 Å². The number of sulfonamides is 1. The Morgan fingerprint density at radius 1 is 1.15 bits per heavy atom. The minimum atomic E-state index is -4.04. The third-order valence-corrected chi connectivity index (χ3v) is 7.37. The number of carbonyl (C=O) groups is 2. The standard InChI is InChI=1S/C24H32FN3O5S/c1-2-7-22(24(30)27-19-8-4-3-5-9-19)28(17-20-10-6-15-33-20)23(29)16-26-34(31,32)21-13-11-18(25)12-14-21/h6,10-15,19,22,26H,2-5,7-9,16-17H2,1H3,(H,27,30). The van der Waals surface area contributed by atoms with E-state index in [0.29, 0.717) is 18.6 Å². The predicted molar refractivity (Wildman–Crippen MR) is 125 cm³/mol. The molecule has 2 amide bonds. The smallest absolute Gasteiger partial charge is 0.243 e. The zero-order valence-electron chi connectivity index (χ0n) is 19.3. The topological polar surface area (TPSA) is 109 Å². The fraction of sp³-hybridized carbons (Fsp3) is 0.500. The Kier molecular flexibility index (Phi) is 9.23. The molecule has 2 N–H and O–H groups in total. The van der Waals surface area contributed by atoms with Gasteiger partial charge in [0.25, 0.3) is 0 Å². The molecule has 1 aliphatic carbocycles. The fourth-order valence-electron chi connectivity index (χ4n) is 4.14. The molecule has 1 unspecified atom stereocenters. The van der Waals surface area contributed by atoms with E-state index in [1.54, 1.807) is 12.1 Å². The third kappa shape index (κ3) is 7.14. The average Bonchev–Trinajstić information content (AvgIpc) is 3.34. The summed E-state index contributed by atoms with van der Waals surface area (Å²) >= 11 is 0. The van der Waals surface area contributed by atoms with E-state index in [1.807, 2.05) is 6.92 Å². The van der Waals surface area contributed by atoms with Crippen LogP contribution in [0.3, 0.4) is 0 Å². The highest BCUT2D eigenvalue weighted by Gasteiger charge is 2.32. The summed E-state index contributed by atoms with van der Waals surface area (Å²) < 4.78 is 46.0. The summed E-state index contributed by atoms with van der Waals surface area (Å²) in [7, 11) is -4.04. The molecule has 1 aliphatic rings. The maximum atomic E-state index is 13.2. The van der Waals surface area contributed by atoms with Crippen LogP contribution in [0.2, 0.25) is 0 Å². The van der Waals surface area contributed by atoms with E-state index in [0.717, 1.165) is 56.4 Å². The van der Waals surface area contributed by atoms with E-state index < -0.39 is 34.3 Å². The molecule has 0 bridgehead atoms. The van der Waals surface area contributed by atoms with Crippen LogP contribution in [-0.4, -0.2) is 43.8 Å². The molecule has 10 heteroatoms. The molecule has 0 aliphatic heterocycles. The molecular weight excluding hydrogens is 461 g/mol. The normalized spacial score (nSPS) is 15.6. The van der Waals surface area contributed by atoms with Crippen LogP contribution in [0, 0.1) is 5.82 Å². The SMILES string of the molecule is CCCC(C(=O)NC1CCCCC1)N(Cc1ccco1)C(=O)CNS(=O)(=O)c1ccc(F)cc1. The van der Waals surface area contributed by atoms with Crippen LogP contribution in [0.25, 0.3) is 0 Å². The zero-order chi connectivity index (χ0) is 24.6. The van der Waals surface area contributed by atoms with Crippen LogP contribution in [-0.2, 0) is 26.2 Å².